The molecule has 1 N–H and O–H groups in total. The molecule has 2 aromatic rings. The number of nitrogens with zero attached hydrogens (tertiary/aromatic N) is 2. The second kappa shape index (κ2) is 5.22. The first kappa shape index (κ1) is 12.6. The summed E-state index contributed by atoms with van der Waals surface area (Å²) in [5.41, 5.74) is 1.54. The summed E-state index contributed by atoms with van der Waals surface area (Å²) < 4.78 is 37.8. The fourth-order valence-corrected chi connectivity index (χ4v) is 1.63. The average Bonchev–Trinajstić information content (AvgIpc) is 2.81. The van der Waals surface area contributed by atoms with Crippen molar-refractivity contribution < 1.29 is 13.2 Å². The fourth-order valence-electron chi connectivity index (χ4n) is 1.63. The summed E-state index contributed by atoms with van der Waals surface area (Å²) in [6.07, 6.45) is -0.816. The van der Waals surface area contributed by atoms with Crippen molar-refractivity contribution in [3.8, 4) is 5.69 Å². The van der Waals surface area contributed by atoms with Crippen LogP contribution in [0.25, 0.3) is 5.69 Å². The van der Waals surface area contributed by atoms with Crippen LogP contribution < -0.4 is 5.32 Å². The molecule has 0 amide bonds. The Morgan fingerprint density at radius 1 is 1.17 bits per heavy atom. The largest absolute Gasteiger partial charge is 0.401 e. The second-order valence-corrected chi connectivity index (χ2v) is 3.80. The number of rotatable bonds is 4. The Balaban J connectivity index is 2.09. The minimum Gasteiger partial charge on any atom is -0.305 e. The Kier molecular flexibility index (Phi) is 3.66. The predicted octanol–water partition coefficient (Wildman–Crippen LogP) is 2.52. The van der Waals surface area contributed by atoms with E-state index in [-0.39, 0.29) is 6.54 Å². The number of para-hydroxylation sites is 1. The predicted molar refractivity (Wildman–Crippen MR) is 61.3 cm³/mol. The van der Waals surface area contributed by atoms with Gasteiger partial charge in [0.25, 0.3) is 0 Å². The van der Waals surface area contributed by atoms with E-state index in [1.807, 2.05) is 12.1 Å². The van der Waals surface area contributed by atoms with Crippen LogP contribution in [-0.4, -0.2) is 22.5 Å². The lowest BCUT2D eigenvalue weighted by molar-refractivity contribution is -0.125. The van der Waals surface area contributed by atoms with Crippen LogP contribution in [0.15, 0.2) is 42.7 Å². The maximum atomic E-state index is 12.1. The van der Waals surface area contributed by atoms with E-state index >= 15 is 0 Å². The molecule has 1 heterocycles. The van der Waals surface area contributed by atoms with Crippen molar-refractivity contribution in [1.82, 2.24) is 15.1 Å². The molecular weight excluding hydrogens is 243 g/mol. The summed E-state index contributed by atoms with van der Waals surface area (Å²) in [4.78, 5) is 0. The molecule has 1 aromatic heterocycles. The first-order chi connectivity index (χ1) is 8.56. The Hall–Kier alpha value is -1.82. The highest BCUT2D eigenvalue weighted by Crippen LogP contribution is 2.15. The number of alkyl halides is 3. The third-order valence-corrected chi connectivity index (χ3v) is 2.38. The van der Waals surface area contributed by atoms with Crippen molar-refractivity contribution in [3.05, 3.63) is 48.3 Å². The van der Waals surface area contributed by atoms with E-state index in [4.69, 9.17) is 0 Å². The number of hydrogen-bond acceptors (Lipinski definition) is 2. The lowest BCUT2D eigenvalue weighted by atomic mass is 10.2. The van der Waals surface area contributed by atoms with Gasteiger partial charge in [-0.1, -0.05) is 18.2 Å². The third kappa shape index (κ3) is 3.33. The first-order valence-electron chi connectivity index (χ1n) is 5.42. The molecule has 0 spiro atoms. The smallest absolute Gasteiger partial charge is 0.305 e. The van der Waals surface area contributed by atoms with Gasteiger partial charge in [0, 0.05) is 18.9 Å². The number of aromatic nitrogens is 2. The van der Waals surface area contributed by atoms with Gasteiger partial charge >= 0.3 is 6.18 Å². The molecule has 18 heavy (non-hydrogen) atoms. The summed E-state index contributed by atoms with van der Waals surface area (Å²) >= 11 is 0. The van der Waals surface area contributed by atoms with Gasteiger partial charge in [0.2, 0.25) is 0 Å². The van der Waals surface area contributed by atoms with E-state index in [0.29, 0.717) is 0 Å². The van der Waals surface area contributed by atoms with Gasteiger partial charge in [0.1, 0.15) is 0 Å². The molecule has 0 atom stereocenters. The van der Waals surface area contributed by atoms with Crippen molar-refractivity contribution in [3.63, 3.8) is 0 Å². The minimum atomic E-state index is -4.19. The Morgan fingerprint density at radius 3 is 2.61 bits per heavy atom. The molecule has 0 saturated carbocycles. The molecule has 0 aliphatic carbocycles. The van der Waals surface area contributed by atoms with Crippen LogP contribution in [0.1, 0.15) is 5.56 Å². The van der Waals surface area contributed by atoms with Crippen LogP contribution in [0, 0.1) is 0 Å². The molecule has 0 aliphatic heterocycles. The maximum Gasteiger partial charge on any atom is 0.401 e. The molecular formula is C12H12F3N3. The van der Waals surface area contributed by atoms with Crippen LogP contribution in [-0.2, 0) is 6.54 Å². The highest BCUT2D eigenvalue weighted by molar-refractivity contribution is 5.40. The summed E-state index contributed by atoms with van der Waals surface area (Å²) in [5, 5.41) is 6.45. The van der Waals surface area contributed by atoms with Gasteiger partial charge in [0.15, 0.2) is 0 Å². The number of nitrogens with one attached hydrogen (secondary N) is 1. The fraction of sp³-hybridized carbons (Fsp3) is 0.250. The van der Waals surface area contributed by atoms with Crippen molar-refractivity contribution in [2.24, 2.45) is 0 Å². The first-order valence-corrected chi connectivity index (χ1v) is 5.42. The zero-order chi connectivity index (χ0) is 13.0. The zero-order valence-corrected chi connectivity index (χ0v) is 9.48. The van der Waals surface area contributed by atoms with E-state index in [1.54, 1.807) is 35.3 Å². The summed E-state index contributed by atoms with van der Waals surface area (Å²) in [7, 11) is 0. The van der Waals surface area contributed by atoms with E-state index in [2.05, 4.69) is 10.4 Å². The SMILES string of the molecule is FC(F)(F)CNCc1ccccc1-n1cccn1. The molecule has 0 radical (unpaired) electrons. The monoisotopic (exact) mass is 255 g/mol. The van der Waals surface area contributed by atoms with E-state index in [9.17, 15) is 13.2 Å². The number of hydrogen-bond donors (Lipinski definition) is 1. The van der Waals surface area contributed by atoms with Gasteiger partial charge in [-0.2, -0.15) is 18.3 Å². The zero-order valence-electron chi connectivity index (χ0n) is 9.48. The molecule has 1 aromatic carbocycles. The van der Waals surface area contributed by atoms with Gasteiger partial charge in [-0.25, -0.2) is 4.68 Å². The third-order valence-electron chi connectivity index (χ3n) is 2.38. The van der Waals surface area contributed by atoms with Crippen molar-refractivity contribution >= 4 is 0 Å². The van der Waals surface area contributed by atoms with Crippen LogP contribution in [0.5, 0.6) is 0 Å². The molecule has 0 unspecified atom stereocenters. The quantitative estimate of drug-likeness (QED) is 0.909. The Morgan fingerprint density at radius 2 is 1.94 bits per heavy atom. The topological polar surface area (TPSA) is 29.9 Å². The van der Waals surface area contributed by atoms with Crippen LogP contribution in [0.3, 0.4) is 0 Å². The summed E-state index contributed by atoms with van der Waals surface area (Å²) in [5.74, 6) is 0. The van der Waals surface area contributed by atoms with Gasteiger partial charge < -0.3 is 5.32 Å². The molecule has 96 valence electrons. The Bertz CT molecular complexity index is 492. The lowest BCUT2D eigenvalue weighted by Gasteiger charge is -2.11. The Labute approximate surface area is 102 Å². The molecule has 2 rings (SSSR count). The van der Waals surface area contributed by atoms with Crippen LogP contribution in [0.2, 0.25) is 0 Å². The molecule has 3 nitrogen and oxygen atoms in total. The van der Waals surface area contributed by atoms with E-state index < -0.39 is 12.7 Å². The minimum absolute atomic E-state index is 0.148. The number of halogens is 3. The summed E-state index contributed by atoms with van der Waals surface area (Å²) in [6, 6.07) is 8.97. The molecule has 0 aliphatic rings. The van der Waals surface area contributed by atoms with E-state index in [1.165, 1.54) is 0 Å². The van der Waals surface area contributed by atoms with Crippen molar-refractivity contribution in [2.75, 3.05) is 6.54 Å². The molecule has 6 heteroatoms. The van der Waals surface area contributed by atoms with Gasteiger partial charge in [0.05, 0.1) is 12.2 Å². The van der Waals surface area contributed by atoms with Crippen molar-refractivity contribution in [1.29, 1.82) is 0 Å². The maximum absolute atomic E-state index is 12.1. The molecule has 0 bridgehead atoms. The molecule has 0 saturated heterocycles. The molecule has 0 fully saturated rings. The average molecular weight is 255 g/mol. The van der Waals surface area contributed by atoms with Gasteiger partial charge in [-0.3, -0.25) is 0 Å². The van der Waals surface area contributed by atoms with Crippen LogP contribution in [0.4, 0.5) is 13.2 Å². The second-order valence-electron chi connectivity index (χ2n) is 3.80. The van der Waals surface area contributed by atoms with Crippen molar-refractivity contribution in [2.45, 2.75) is 12.7 Å². The standard InChI is InChI=1S/C12H12F3N3/c13-12(14,15)9-16-8-10-4-1-2-5-11(10)18-7-3-6-17-18/h1-7,16H,8-9H2. The highest BCUT2D eigenvalue weighted by atomic mass is 19.4. The van der Waals surface area contributed by atoms with Gasteiger partial charge in [-0.15, -0.1) is 0 Å². The van der Waals surface area contributed by atoms with E-state index in [0.717, 1.165) is 11.3 Å². The van der Waals surface area contributed by atoms with Gasteiger partial charge in [-0.05, 0) is 17.7 Å². The lowest BCUT2D eigenvalue weighted by Crippen LogP contribution is -2.28. The normalized spacial score (nSPS) is 11.7. The highest BCUT2D eigenvalue weighted by Gasteiger charge is 2.26. The number of benzene rings is 1. The van der Waals surface area contributed by atoms with Crippen LogP contribution >= 0.6 is 0 Å². The summed E-state index contributed by atoms with van der Waals surface area (Å²) in [6.45, 7) is -0.851.